The van der Waals surface area contributed by atoms with E-state index in [-0.39, 0.29) is 24.8 Å². The Hall–Kier alpha value is -2.73. The van der Waals surface area contributed by atoms with Crippen LogP contribution >= 0.6 is 0 Å². The summed E-state index contributed by atoms with van der Waals surface area (Å²) in [6.07, 6.45) is 5.83. The lowest BCUT2D eigenvalue weighted by Crippen LogP contribution is -2.24. The molecule has 0 fully saturated rings. The van der Waals surface area contributed by atoms with Crippen LogP contribution in [0.2, 0.25) is 0 Å². The van der Waals surface area contributed by atoms with Gasteiger partial charge in [0.15, 0.2) is 11.6 Å². The normalized spacial score (nSPS) is 10.6. The highest BCUT2D eigenvalue weighted by atomic mass is 19.1. The monoisotopic (exact) mass is 302 g/mol. The van der Waals surface area contributed by atoms with Crippen LogP contribution in [0.15, 0.2) is 48.8 Å². The molecule has 1 amide bonds. The van der Waals surface area contributed by atoms with Crippen LogP contribution in [-0.2, 0) is 4.79 Å². The SMILES string of the molecule is O=C(/C=C/c1ccc(Oc2cccnc2)c(F)c1)NCCO. The van der Waals surface area contributed by atoms with Crippen molar-refractivity contribution in [2.75, 3.05) is 13.2 Å². The number of nitrogens with one attached hydrogen (secondary N) is 1. The highest BCUT2D eigenvalue weighted by Gasteiger charge is 2.05. The summed E-state index contributed by atoms with van der Waals surface area (Å²) in [7, 11) is 0. The summed E-state index contributed by atoms with van der Waals surface area (Å²) in [5.41, 5.74) is 0.523. The first-order chi connectivity index (χ1) is 10.7. The zero-order valence-corrected chi connectivity index (χ0v) is 11.7. The minimum Gasteiger partial charge on any atom is -0.453 e. The van der Waals surface area contributed by atoms with Crippen molar-refractivity contribution in [2.45, 2.75) is 0 Å². The van der Waals surface area contributed by atoms with Crippen molar-refractivity contribution in [1.82, 2.24) is 10.3 Å². The van der Waals surface area contributed by atoms with Gasteiger partial charge in [-0.25, -0.2) is 4.39 Å². The summed E-state index contributed by atoms with van der Waals surface area (Å²) in [5, 5.41) is 11.0. The van der Waals surface area contributed by atoms with Crippen LogP contribution in [0.5, 0.6) is 11.5 Å². The van der Waals surface area contributed by atoms with Gasteiger partial charge in [0.25, 0.3) is 0 Å². The average molecular weight is 302 g/mol. The predicted molar refractivity (Wildman–Crippen MR) is 79.8 cm³/mol. The van der Waals surface area contributed by atoms with Crippen molar-refractivity contribution < 1.29 is 19.0 Å². The van der Waals surface area contributed by atoms with Crippen molar-refractivity contribution in [2.24, 2.45) is 0 Å². The van der Waals surface area contributed by atoms with E-state index in [9.17, 15) is 9.18 Å². The van der Waals surface area contributed by atoms with Crippen molar-refractivity contribution in [3.05, 3.63) is 60.2 Å². The molecular formula is C16H15FN2O3. The Kier molecular flexibility index (Phi) is 5.62. The molecule has 2 aromatic rings. The Morgan fingerprint density at radius 3 is 2.95 bits per heavy atom. The number of nitrogens with zero attached hydrogens (tertiary/aromatic N) is 1. The molecule has 2 rings (SSSR count). The lowest BCUT2D eigenvalue weighted by atomic mass is 10.2. The number of carbonyl (C=O) groups is 1. The van der Waals surface area contributed by atoms with Gasteiger partial charge in [-0.2, -0.15) is 0 Å². The molecule has 114 valence electrons. The van der Waals surface area contributed by atoms with E-state index in [1.165, 1.54) is 30.5 Å². The first-order valence-corrected chi connectivity index (χ1v) is 6.63. The molecule has 0 saturated carbocycles. The molecule has 1 aromatic heterocycles. The quantitative estimate of drug-likeness (QED) is 0.802. The zero-order valence-electron chi connectivity index (χ0n) is 11.7. The molecule has 0 aliphatic carbocycles. The van der Waals surface area contributed by atoms with Gasteiger partial charge in [-0.05, 0) is 35.9 Å². The van der Waals surface area contributed by atoms with Crippen LogP contribution in [0.3, 0.4) is 0 Å². The zero-order chi connectivity index (χ0) is 15.8. The Bertz CT molecular complexity index is 660. The van der Waals surface area contributed by atoms with E-state index in [1.807, 2.05) is 0 Å². The molecule has 2 N–H and O–H groups in total. The Balaban J connectivity index is 2.03. The highest BCUT2D eigenvalue weighted by molar-refractivity contribution is 5.91. The van der Waals surface area contributed by atoms with Crippen molar-refractivity contribution in [3.8, 4) is 11.5 Å². The van der Waals surface area contributed by atoms with Crippen LogP contribution in [-0.4, -0.2) is 29.1 Å². The standard InChI is InChI=1S/C16H15FN2O3/c17-14-10-12(4-6-16(21)19-8-9-20)3-5-15(14)22-13-2-1-7-18-11-13/h1-7,10-11,20H,8-9H2,(H,19,21)/b6-4+. The molecule has 5 nitrogen and oxygen atoms in total. The van der Waals surface area contributed by atoms with Gasteiger partial charge in [0.05, 0.1) is 12.8 Å². The first-order valence-electron chi connectivity index (χ1n) is 6.63. The van der Waals surface area contributed by atoms with Gasteiger partial charge in [-0.15, -0.1) is 0 Å². The minimum absolute atomic E-state index is 0.0786. The molecule has 0 unspecified atom stereocenters. The van der Waals surface area contributed by atoms with Crippen molar-refractivity contribution >= 4 is 12.0 Å². The van der Waals surface area contributed by atoms with Crippen LogP contribution in [0, 0.1) is 5.82 Å². The largest absolute Gasteiger partial charge is 0.453 e. The van der Waals surface area contributed by atoms with Gasteiger partial charge < -0.3 is 15.2 Å². The highest BCUT2D eigenvalue weighted by Crippen LogP contribution is 2.24. The second kappa shape index (κ2) is 7.90. The first kappa shape index (κ1) is 15.7. The van der Waals surface area contributed by atoms with E-state index in [0.717, 1.165) is 0 Å². The fourth-order valence-electron chi connectivity index (χ4n) is 1.65. The Morgan fingerprint density at radius 1 is 1.41 bits per heavy atom. The molecule has 0 radical (unpaired) electrons. The molecule has 22 heavy (non-hydrogen) atoms. The number of carbonyl (C=O) groups excluding carboxylic acids is 1. The number of benzene rings is 1. The number of amides is 1. The molecule has 0 bridgehead atoms. The van der Waals surface area contributed by atoms with E-state index >= 15 is 0 Å². The van der Waals surface area contributed by atoms with Crippen LogP contribution in [0.4, 0.5) is 4.39 Å². The Labute approximate surface area is 127 Å². The maximum atomic E-state index is 13.9. The maximum absolute atomic E-state index is 13.9. The number of pyridine rings is 1. The molecule has 1 heterocycles. The number of aliphatic hydroxyl groups is 1. The van der Waals surface area contributed by atoms with E-state index in [0.29, 0.717) is 11.3 Å². The van der Waals surface area contributed by atoms with Gasteiger partial charge in [-0.3, -0.25) is 9.78 Å². The van der Waals surface area contributed by atoms with E-state index in [1.54, 1.807) is 24.4 Å². The van der Waals surface area contributed by atoms with Crippen LogP contribution < -0.4 is 10.1 Å². The third-order valence-electron chi connectivity index (χ3n) is 2.66. The summed E-state index contributed by atoms with van der Waals surface area (Å²) < 4.78 is 19.3. The molecule has 0 aliphatic rings. The lowest BCUT2D eigenvalue weighted by Gasteiger charge is -2.06. The van der Waals surface area contributed by atoms with Crippen LogP contribution in [0.1, 0.15) is 5.56 Å². The van der Waals surface area contributed by atoms with Gasteiger partial charge in [0, 0.05) is 18.8 Å². The van der Waals surface area contributed by atoms with E-state index < -0.39 is 5.82 Å². The second-order valence-corrected chi connectivity index (χ2v) is 4.33. The second-order valence-electron chi connectivity index (χ2n) is 4.33. The maximum Gasteiger partial charge on any atom is 0.244 e. The summed E-state index contributed by atoms with van der Waals surface area (Å²) in [5.74, 6) is -0.380. The van der Waals surface area contributed by atoms with Gasteiger partial charge in [-0.1, -0.05) is 6.07 Å². The molecule has 0 atom stereocenters. The topological polar surface area (TPSA) is 71.5 Å². The number of hydrogen-bond donors (Lipinski definition) is 2. The summed E-state index contributed by atoms with van der Waals surface area (Å²) in [6, 6.07) is 7.74. The Morgan fingerprint density at radius 2 is 2.27 bits per heavy atom. The third kappa shape index (κ3) is 4.68. The number of halogens is 1. The number of aromatic nitrogens is 1. The van der Waals surface area contributed by atoms with E-state index in [2.05, 4.69) is 10.3 Å². The van der Waals surface area contributed by atoms with Gasteiger partial charge in [0.2, 0.25) is 5.91 Å². The molecule has 6 heteroatoms. The fraction of sp³-hybridized carbons (Fsp3) is 0.125. The smallest absolute Gasteiger partial charge is 0.244 e. The molecule has 0 spiro atoms. The number of aliphatic hydroxyl groups excluding tert-OH is 1. The molecular weight excluding hydrogens is 287 g/mol. The van der Waals surface area contributed by atoms with Crippen molar-refractivity contribution in [3.63, 3.8) is 0 Å². The molecule has 0 aliphatic heterocycles. The molecule has 0 saturated heterocycles. The summed E-state index contributed by atoms with van der Waals surface area (Å²) in [4.78, 5) is 15.2. The number of hydrogen-bond acceptors (Lipinski definition) is 4. The third-order valence-corrected chi connectivity index (χ3v) is 2.66. The summed E-state index contributed by atoms with van der Waals surface area (Å²) in [6.45, 7) is 0.0456. The van der Waals surface area contributed by atoms with Crippen LogP contribution in [0.25, 0.3) is 6.08 Å². The number of ether oxygens (including phenoxy) is 1. The van der Waals surface area contributed by atoms with Gasteiger partial charge in [0.1, 0.15) is 5.75 Å². The average Bonchev–Trinajstić information content (AvgIpc) is 2.54. The number of rotatable bonds is 6. The van der Waals surface area contributed by atoms with Crippen molar-refractivity contribution in [1.29, 1.82) is 0 Å². The van der Waals surface area contributed by atoms with E-state index in [4.69, 9.17) is 9.84 Å². The predicted octanol–water partition coefficient (Wildman–Crippen LogP) is 2.13. The van der Waals surface area contributed by atoms with Gasteiger partial charge >= 0.3 is 0 Å². The minimum atomic E-state index is -0.540. The summed E-state index contributed by atoms with van der Waals surface area (Å²) >= 11 is 0. The molecule has 1 aromatic carbocycles. The lowest BCUT2D eigenvalue weighted by molar-refractivity contribution is -0.116. The fourth-order valence-corrected chi connectivity index (χ4v) is 1.65.